The first-order valence-electron chi connectivity index (χ1n) is 8.61. The number of nitrogens with zero attached hydrogens (tertiary/aromatic N) is 2. The third-order valence-electron chi connectivity index (χ3n) is 5.73. The van der Waals surface area contributed by atoms with Crippen molar-refractivity contribution in [3.05, 3.63) is 39.7 Å². The Morgan fingerprint density at radius 1 is 1.33 bits per heavy atom. The summed E-state index contributed by atoms with van der Waals surface area (Å²) in [6.45, 7) is 3.88. The van der Waals surface area contributed by atoms with Crippen LogP contribution >= 0.6 is 0 Å². The van der Waals surface area contributed by atoms with Gasteiger partial charge in [-0.1, -0.05) is 0 Å². The first-order chi connectivity index (χ1) is 12.5. The Bertz CT molecular complexity index is 913. The zero-order valence-corrected chi connectivity index (χ0v) is 16.0. The second-order valence-corrected chi connectivity index (χ2v) is 9.81. The lowest BCUT2D eigenvalue weighted by Crippen LogP contribution is -2.61. The van der Waals surface area contributed by atoms with E-state index in [0.717, 1.165) is 18.2 Å². The van der Waals surface area contributed by atoms with Gasteiger partial charge >= 0.3 is 0 Å². The number of benzene rings is 1. The van der Waals surface area contributed by atoms with Crippen molar-refractivity contribution in [1.29, 1.82) is 0 Å². The SMILES string of the molecule is CC1(C2CCOCC2)C(N)=N[C@](C)(c2cc([N+](=O)[O-])ccc2F)CS1(=O)=O. The molecule has 0 aromatic heterocycles. The van der Waals surface area contributed by atoms with E-state index in [1.54, 1.807) is 6.92 Å². The Morgan fingerprint density at radius 2 is 1.96 bits per heavy atom. The number of nitro benzene ring substituents is 1. The van der Waals surface area contributed by atoms with Crippen LogP contribution in [-0.2, 0) is 20.1 Å². The Hall–Kier alpha value is -2.07. The summed E-state index contributed by atoms with van der Waals surface area (Å²) in [7, 11) is -3.83. The van der Waals surface area contributed by atoms with Crippen LogP contribution in [0.15, 0.2) is 23.2 Å². The molecule has 8 nitrogen and oxygen atoms in total. The van der Waals surface area contributed by atoms with Crippen molar-refractivity contribution in [3.8, 4) is 0 Å². The Kier molecular flexibility index (Phi) is 4.75. The van der Waals surface area contributed by atoms with E-state index in [9.17, 15) is 22.9 Å². The fourth-order valence-electron chi connectivity index (χ4n) is 3.98. The average molecular weight is 399 g/mol. The van der Waals surface area contributed by atoms with Gasteiger partial charge in [0.25, 0.3) is 5.69 Å². The van der Waals surface area contributed by atoms with E-state index < -0.39 is 36.6 Å². The van der Waals surface area contributed by atoms with Gasteiger partial charge in [0.2, 0.25) is 0 Å². The van der Waals surface area contributed by atoms with E-state index in [1.165, 1.54) is 6.92 Å². The number of nitrogens with two attached hydrogens (primary N) is 1. The van der Waals surface area contributed by atoms with Crippen LogP contribution < -0.4 is 5.73 Å². The minimum Gasteiger partial charge on any atom is -0.386 e. The molecule has 3 rings (SSSR count). The summed E-state index contributed by atoms with van der Waals surface area (Å²) in [6.07, 6.45) is 1.07. The third kappa shape index (κ3) is 3.10. The van der Waals surface area contributed by atoms with Gasteiger partial charge in [-0.25, -0.2) is 12.8 Å². The molecule has 148 valence electrons. The highest BCUT2D eigenvalue weighted by Crippen LogP contribution is 2.44. The number of halogens is 1. The number of hydrogen-bond donors (Lipinski definition) is 1. The molecule has 2 aliphatic rings. The van der Waals surface area contributed by atoms with Gasteiger partial charge in [0, 0.05) is 30.9 Å². The molecule has 1 aromatic carbocycles. The molecule has 1 fully saturated rings. The van der Waals surface area contributed by atoms with E-state index in [-0.39, 0.29) is 23.0 Å². The molecular weight excluding hydrogens is 377 g/mol. The van der Waals surface area contributed by atoms with Gasteiger partial charge in [-0.15, -0.1) is 0 Å². The summed E-state index contributed by atoms with van der Waals surface area (Å²) in [6, 6.07) is 3.00. The van der Waals surface area contributed by atoms with Crippen molar-refractivity contribution in [2.24, 2.45) is 16.6 Å². The Morgan fingerprint density at radius 3 is 2.52 bits per heavy atom. The van der Waals surface area contributed by atoms with Crippen molar-refractivity contribution in [2.45, 2.75) is 37.0 Å². The lowest BCUT2D eigenvalue weighted by atomic mass is 9.84. The van der Waals surface area contributed by atoms with Crippen LogP contribution in [0.4, 0.5) is 10.1 Å². The van der Waals surface area contributed by atoms with Crippen LogP contribution in [0.5, 0.6) is 0 Å². The number of sulfone groups is 1. The van der Waals surface area contributed by atoms with Crippen molar-refractivity contribution in [3.63, 3.8) is 0 Å². The van der Waals surface area contributed by atoms with Crippen LogP contribution in [0.2, 0.25) is 0 Å². The summed E-state index contributed by atoms with van der Waals surface area (Å²) in [5.41, 5.74) is 4.12. The van der Waals surface area contributed by atoms with Crippen LogP contribution in [0.1, 0.15) is 32.3 Å². The van der Waals surface area contributed by atoms with Crippen LogP contribution in [0.3, 0.4) is 0 Å². The fraction of sp³-hybridized carbons (Fsp3) is 0.588. The predicted molar refractivity (Wildman–Crippen MR) is 97.8 cm³/mol. The highest BCUT2D eigenvalue weighted by Gasteiger charge is 2.56. The number of non-ortho nitro benzene ring substituents is 1. The third-order valence-corrected chi connectivity index (χ3v) is 8.51. The summed E-state index contributed by atoms with van der Waals surface area (Å²) >= 11 is 0. The first-order valence-corrected chi connectivity index (χ1v) is 10.3. The van der Waals surface area contributed by atoms with Gasteiger partial charge in [0.15, 0.2) is 9.84 Å². The fourth-order valence-corrected chi connectivity index (χ4v) is 6.35. The number of rotatable bonds is 3. The summed E-state index contributed by atoms with van der Waals surface area (Å²) in [5, 5.41) is 11.0. The number of aliphatic imine (C=N–C) groups is 1. The van der Waals surface area contributed by atoms with Crippen molar-refractivity contribution < 1.29 is 22.5 Å². The number of ether oxygens (including phenoxy) is 1. The van der Waals surface area contributed by atoms with Gasteiger partial charge in [-0.05, 0) is 38.7 Å². The average Bonchev–Trinajstić information content (AvgIpc) is 2.60. The normalized spacial score (nSPS) is 31.3. The van der Waals surface area contributed by atoms with E-state index in [4.69, 9.17) is 10.5 Å². The largest absolute Gasteiger partial charge is 0.386 e. The van der Waals surface area contributed by atoms with Gasteiger partial charge < -0.3 is 10.5 Å². The van der Waals surface area contributed by atoms with Crippen molar-refractivity contribution in [2.75, 3.05) is 19.0 Å². The minimum absolute atomic E-state index is 0.0888. The molecule has 0 spiro atoms. The molecule has 1 aromatic rings. The molecule has 0 saturated carbocycles. The quantitative estimate of drug-likeness (QED) is 0.611. The van der Waals surface area contributed by atoms with E-state index in [1.807, 2.05) is 0 Å². The highest BCUT2D eigenvalue weighted by atomic mass is 32.2. The predicted octanol–water partition coefficient (Wildman–Crippen LogP) is 1.92. The van der Waals surface area contributed by atoms with E-state index >= 15 is 0 Å². The lowest BCUT2D eigenvalue weighted by molar-refractivity contribution is -0.385. The molecule has 10 heteroatoms. The van der Waals surface area contributed by atoms with Crippen molar-refractivity contribution >= 4 is 21.4 Å². The van der Waals surface area contributed by atoms with E-state index in [0.29, 0.717) is 26.1 Å². The Balaban J connectivity index is 2.13. The van der Waals surface area contributed by atoms with Crippen LogP contribution in [0.25, 0.3) is 0 Å². The summed E-state index contributed by atoms with van der Waals surface area (Å²) in [4.78, 5) is 14.8. The molecule has 2 N–H and O–H groups in total. The molecule has 27 heavy (non-hydrogen) atoms. The molecule has 0 bridgehead atoms. The molecule has 0 radical (unpaired) electrons. The molecule has 2 atom stereocenters. The molecule has 0 amide bonds. The Labute approximate surface area is 156 Å². The van der Waals surface area contributed by atoms with Gasteiger partial charge in [0.1, 0.15) is 21.9 Å². The maximum atomic E-state index is 14.4. The smallest absolute Gasteiger partial charge is 0.270 e. The minimum atomic E-state index is -3.83. The monoisotopic (exact) mass is 399 g/mol. The molecule has 1 saturated heterocycles. The molecule has 2 aliphatic heterocycles. The highest BCUT2D eigenvalue weighted by molar-refractivity contribution is 7.93. The van der Waals surface area contributed by atoms with Gasteiger partial charge in [-0.3, -0.25) is 15.1 Å². The van der Waals surface area contributed by atoms with Crippen molar-refractivity contribution in [1.82, 2.24) is 0 Å². The number of nitro groups is 1. The number of hydrogen-bond acceptors (Lipinski definition) is 7. The maximum Gasteiger partial charge on any atom is 0.270 e. The summed E-state index contributed by atoms with van der Waals surface area (Å²) in [5.74, 6) is -1.58. The van der Waals surface area contributed by atoms with Crippen LogP contribution in [0, 0.1) is 21.8 Å². The topological polar surface area (TPSA) is 125 Å². The van der Waals surface area contributed by atoms with Crippen LogP contribution in [-0.4, -0.2) is 42.9 Å². The second kappa shape index (κ2) is 6.52. The number of amidine groups is 1. The first kappa shape index (κ1) is 19.7. The maximum absolute atomic E-state index is 14.4. The zero-order valence-electron chi connectivity index (χ0n) is 15.1. The summed E-state index contributed by atoms with van der Waals surface area (Å²) < 4.78 is 44.9. The standard InChI is InChI=1S/C17H22FN3O5S/c1-16(13-9-12(21(22)23)3-4-14(13)18)10-27(24,25)17(2,15(19)20-16)11-5-7-26-8-6-11/h3-4,9,11H,5-8,10H2,1-2H3,(H2,19,20)/t16-,17?/m0/s1. The molecule has 2 heterocycles. The lowest BCUT2D eigenvalue weighted by Gasteiger charge is -2.44. The van der Waals surface area contributed by atoms with E-state index in [2.05, 4.69) is 4.99 Å². The zero-order chi connectivity index (χ0) is 20.0. The molecular formula is C17H22FN3O5S. The van der Waals surface area contributed by atoms with Gasteiger partial charge in [-0.2, -0.15) is 0 Å². The van der Waals surface area contributed by atoms with Gasteiger partial charge in [0.05, 0.1) is 10.7 Å². The molecule has 0 aliphatic carbocycles. The molecule has 1 unspecified atom stereocenters. The second-order valence-electron chi connectivity index (χ2n) is 7.44.